The number of primary amides is 1. The van der Waals surface area contributed by atoms with Gasteiger partial charge in [-0.05, 0) is 56.8 Å². The van der Waals surface area contributed by atoms with Gasteiger partial charge in [-0.1, -0.05) is 12.1 Å². The number of aromatic hydroxyl groups is 1. The highest BCUT2D eigenvalue weighted by molar-refractivity contribution is 5.94. The summed E-state index contributed by atoms with van der Waals surface area (Å²) >= 11 is 0. The first-order valence-corrected chi connectivity index (χ1v) is 12.2. The normalized spacial score (nSPS) is 14.8. The van der Waals surface area contributed by atoms with Crippen LogP contribution < -0.4 is 33.2 Å². The second-order valence-corrected chi connectivity index (χ2v) is 8.95. The Labute approximate surface area is 220 Å². The number of benzene rings is 1. The van der Waals surface area contributed by atoms with Gasteiger partial charge < -0.3 is 48.5 Å². The van der Waals surface area contributed by atoms with Crippen LogP contribution in [0.4, 0.5) is 0 Å². The van der Waals surface area contributed by atoms with Crippen molar-refractivity contribution < 1.29 is 39.3 Å². The van der Waals surface area contributed by atoms with E-state index in [0.29, 0.717) is 24.9 Å². The van der Waals surface area contributed by atoms with E-state index in [1.807, 2.05) is 0 Å². The SMILES string of the molecule is CC(O)C(NC(=O)C(Cc1ccc(O)cc1)NC(=O)C(N)CCC(N)=O)C(=O)NC(CCCCN)C(=O)O. The van der Waals surface area contributed by atoms with Crippen LogP contribution in [0.15, 0.2) is 24.3 Å². The van der Waals surface area contributed by atoms with Crippen LogP contribution in [0.2, 0.25) is 0 Å². The van der Waals surface area contributed by atoms with E-state index in [1.54, 1.807) is 0 Å². The van der Waals surface area contributed by atoms with E-state index >= 15 is 0 Å². The van der Waals surface area contributed by atoms with Crippen molar-refractivity contribution in [1.29, 1.82) is 0 Å². The van der Waals surface area contributed by atoms with Crippen molar-refractivity contribution in [3.63, 3.8) is 0 Å². The minimum absolute atomic E-state index is 0.0162. The summed E-state index contributed by atoms with van der Waals surface area (Å²) in [6, 6.07) is 0.572. The number of hydrogen-bond donors (Lipinski definition) is 9. The summed E-state index contributed by atoms with van der Waals surface area (Å²) in [4.78, 5) is 61.2. The molecule has 5 unspecified atom stereocenters. The van der Waals surface area contributed by atoms with Gasteiger partial charge in [0.25, 0.3) is 0 Å². The fraction of sp³-hybridized carbons (Fsp3) is 0.542. The number of amides is 4. The number of hydrogen-bond acceptors (Lipinski definition) is 9. The Bertz CT molecular complexity index is 956. The van der Waals surface area contributed by atoms with Crippen LogP contribution in [0.3, 0.4) is 0 Å². The van der Waals surface area contributed by atoms with Crippen molar-refractivity contribution >= 4 is 29.6 Å². The summed E-state index contributed by atoms with van der Waals surface area (Å²) in [7, 11) is 0. The van der Waals surface area contributed by atoms with Gasteiger partial charge in [-0.2, -0.15) is 0 Å². The molecule has 0 heterocycles. The molecule has 12 N–H and O–H groups in total. The fourth-order valence-corrected chi connectivity index (χ4v) is 3.46. The molecular formula is C24H38N6O8. The summed E-state index contributed by atoms with van der Waals surface area (Å²) < 4.78 is 0. The average Bonchev–Trinajstić information content (AvgIpc) is 2.85. The van der Waals surface area contributed by atoms with Crippen molar-refractivity contribution in [2.45, 2.75) is 75.7 Å². The molecule has 1 aromatic rings. The zero-order valence-electron chi connectivity index (χ0n) is 21.3. The minimum Gasteiger partial charge on any atom is -0.508 e. The molecule has 1 aromatic carbocycles. The van der Waals surface area contributed by atoms with Crippen LogP contribution in [-0.2, 0) is 30.4 Å². The van der Waals surface area contributed by atoms with Crippen LogP contribution in [0.5, 0.6) is 5.75 Å². The van der Waals surface area contributed by atoms with Crippen LogP contribution in [0.1, 0.15) is 44.6 Å². The molecular weight excluding hydrogens is 500 g/mol. The number of nitrogens with two attached hydrogens (primary N) is 3. The summed E-state index contributed by atoms with van der Waals surface area (Å²) in [6.07, 6.45) is -0.613. The molecule has 0 aliphatic heterocycles. The number of aliphatic hydroxyl groups excluding tert-OH is 1. The third-order valence-electron chi connectivity index (χ3n) is 5.67. The maximum Gasteiger partial charge on any atom is 0.326 e. The lowest BCUT2D eigenvalue weighted by atomic mass is 10.0. The molecule has 0 spiro atoms. The topological polar surface area (TPSA) is 260 Å². The predicted molar refractivity (Wildman–Crippen MR) is 136 cm³/mol. The predicted octanol–water partition coefficient (Wildman–Crippen LogP) is -2.42. The number of nitrogens with one attached hydrogen (secondary N) is 3. The van der Waals surface area contributed by atoms with Crippen molar-refractivity contribution in [2.24, 2.45) is 17.2 Å². The Kier molecular flexibility index (Phi) is 13.7. The van der Waals surface area contributed by atoms with Crippen LogP contribution in [0, 0.1) is 0 Å². The summed E-state index contributed by atoms with van der Waals surface area (Å²) in [6.45, 7) is 1.59. The number of rotatable bonds is 17. The molecule has 0 radical (unpaired) electrons. The second-order valence-electron chi connectivity index (χ2n) is 8.95. The number of aliphatic hydroxyl groups is 1. The molecule has 0 aliphatic carbocycles. The van der Waals surface area contributed by atoms with Crippen molar-refractivity contribution in [3.8, 4) is 5.75 Å². The first-order chi connectivity index (χ1) is 17.8. The van der Waals surface area contributed by atoms with Gasteiger partial charge in [0.1, 0.15) is 23.9 Å². The van der Waals surface area contributed by atoms with Gasteiger partial charge in [0, 0.05) is 12.8 Å². The van der Waals surface area contributed by atoms with Gasteiger partial charge in [-0.25, -0.2) is 4.79 Å². The number of carboxylic acids is 1. The molecule has 0 aromatic heterocycles. The lowest BCUT2D eigenvalue weighted by molar-refractivity contribution is -0.143. The van der Waals surface area contributed by atoms with Crippen molar-refractivity contribution in [1.82, 2.24) is 16.0 Å². The van der Waals surface area contributed by atoms with Crippen LogP contribution >= 0.6 is 0 Å². The maximum atomic E-state index is 13.2. The number of carboxylic acid groups (broad SMARTS) is 1. The van der Waals surface area contributed by atoms with E-state index < -0.39 is 59.9 Å². The molecule has 0 aliphatic rings. The highest BCUT2D eigenvalue weighted by Crippen LogP contribution is 2.12. The van der Waals surface area contributed by atoms with Gasteiger partial charge in [-0.3, -0.25) is 19.2 Å². The standard InChI is InChI=1S/C24H38N6O8/c1-13(31)20(23(36)28-17(24(37)38)4-2-3-11-25)30-22(35)18(12-14-5-7-15(32)8-6-14)29-21(34)16(26)9-10-19(27)33/h5-8,13,16-18,20,31-32H,2-4,9-12,25-26H2,1H3,(H2,27,33)(H,28,36)(H,29,34)(H,30,35)(H,37,38). The molecule has 14 nitrogen and oxygen atoms in total. The van der Waals surface area contributed by atoms with Crippen LogP contribution in [0.25, 0.3) is 0 Å². The zero-order valence-corrected chi connectivity index (χ0v) is 21.3. The van der Waals surface area contributed by atoms with E-state index in [2.05, 4.69) is 16.0 Å². The van der Waals surface area contributed by atoms with Gasteiger partial charge in [-0.15, -0.1) is 0 Å². The minimum atomic E-state index is -1.54. The fourth-order valence-electron chi connectivity index (χ4n) is 3.46. The lowest BCUT2D eigenvalue weighted by Gasteiger charge is -2.26. The van der Waals surface area contributed by atoms with Crippen LogP contribution in [-0.4, -0.2) is 81.7 Å². The van der Waals surface area contributed by atoms with Gasteiger partial charge in [0.15, 0.2) is 0 Å². The number of carbonyl (C=O) groups is 5. The number of carbonyl (C=O) groups excluding carboxylic acids is 4. The third-order valence-corrected chi connectivity index (χ3v) is 5.67. The molecule has 0 bridgehead atoms. The number of aliphatic carboxylic acids is 1. The Balaban J connectivity index is 3.06. The second kappa shape index (κ2) is 16.2. The molecule has 0 saturated heterocycles. The number of phenolic OH excluding ortho intramolecular Hbond substituents is 1. The monoisotopic (exact) mass is 538 g/mol. The highest BCUT2D eigenvalue weighted by atomic mass is 16.4. The van der Waals surface area contributed by atoms with E-state index in [0.717, 1.165) is 0 Å². The van der Waals surface area contributed by atoms with Gasteiger partial charge in [0.2, 0.25) is 23.6 Å². The molecule has 0 fully saturated rings. The molecule has 5 atom stereocenters. The molecule has 1 rings (SSSR count). The van der Waals surface area contributed by atoms with E-state index in [4.69, 9.17) is 17.2 Å². The molecule has 0 saturated carbocycles. The largest absolute Gasteiger partial charge is 0.508 e. The van der Waals surface area contributed by atoms with Gasteiger partial charge in [0.05, 0.1) is 12.1 Å². The Morgan fingerprint density at radius 2 is 1.50 bits per heavy atom. The number of phenols is 1. The van der Waals surface area contributed by atoms with E-state index in [1.165, 1.54) is 31.2 Å². The Morgan fingerprint density at radius 1 is 0.895 bits per heavy atom. The van der Waals surface area contributed by atoms with E-state index in [9.17, 15) is 39.3 Å². The third kappa shape index (κ3) is 11.5. The van der Waals surface area contributed by atoms with E-state index in [-0.39, 0.29) is 31.4 Å². The Hall–Kier alpha value is -3.75. The molecule has 14 heteroatoms. The summed E-state index contributed by atoms with van der Waals surface area (Å²) in [5.74, 6) is -4.49. The first kappa shape index (κ1) is 32.3. The van der Waals surface area contributed by atoms with Crippen molar-refractivity contribution in [3.05, 3.63) is 29.8 Å². The quantitative estimate of drug-likeness (QED) is 0.0947. The lowest BCUT2D eigenvalue weighted by Crippen LogP contribution is -2.60. The smallest absolute Gasteiger partial charge is 0.326 e. The summed E-state index contributed by atoms with van der Waals surface area (Å²) in [5.41, 5.74) is 16.9. The summed E-state index contributed by atoms with van der Waals surface area (Å²) in [5, 5.41) is 36.3. The van der Waals surface area contributed by atoms with Crippen molar-refractivity contribution in [2.75, 3.05) is 6.54 Å². The molecule has 38 heavy (non-hydrogen) atoms. The maximum absolute atomic E-state index is 13.2. The molecule has 4 amide bonds. The Morgan fingerprint density at radius 3 is 2.03 bits per heavy atom. The zero-order chi connectivity index (χ0) is 28.8. The first-order valence-electron chi connectivity index (χ1n) is 12.2. The highest BCUT2D eigenvalue weighted by Gasteiger charge is 2.32. The number of unbranched alkanes of at least 4 members (excludes halogenated alkanes) is 1. The molecule has 212 valence electrons. The average molecular weight is 539 g/mol. The van der Waals surface area contributed by atoms with Gasteiger partial charge >= 0.3 is 5.97 Å².